The van der Waals surface area contributed by atoms with Crippen molar-refractivity contribution in [3.05, 3.63) is 0 Å². The fraction of sp³-hybridized carbons (Fsp3) is 0.909. The molecule has 0 saturated heterocycles. The fourth-order valence-electron chi connectivity index (χ4n) is 1.43. The maximum Gasteiger partial charge on any atom is 0.129 e. The Morgan fingerprint density at radius 3 is 1.85 bits per heavy atom. The van der Waals surface area contributed by atoms with Crippen LogP contribution in [0.1, 0.15) is 46.5 Å². The van der Waals surface area contributed by atoms with E-state index in [-0.39, 0.29) is 5.60 Å². The van der Waals surface area contributed by atoms with Crippen molar-refractivity contribution in [1.29, 1.82) is 0 Å². The summed E-state index contributed by atoms with van der Waals surface area (Å²) in [7, 11) is 0. The van der Waals surface area contributed by atoms with Gasteiger partial charge in [0.2, 0.25) is 0 Å². The van der Waals surface area contributed by atoms with Gasteiger partial charge in [0, 0.05) is 11.8 Å². The van der Waals surface area contributed by atoms with Gasteiger partial charge in [0.05, 0.1) is 5.71 Å². The Labute approximate surface area is 80.3 Å². The molecule has 2 fully saturated rings. The van der Waals surface area contributed by atoms with E-state index < -0.39 is 0 Å². The molecule has 0 aliphatic heterocycles. The quantitative estimate of drug-likeness (QED) is 0.484. The summed E-state index contributed by atoms with van der Waals surface area (Å²) in [5, 5.41) is 4.34. The molecule has 0 heterocycles. The van der Waals surface area contributed by atoms with Crippen LogP contribution in [-0.4, -0.2) is 11.3 Å². The van der Waals surface area contributed by atoms with Crippen LogP contribution in [0.4, 0.5) is 0 Å². The van der Waals surface area contributed by atoms with Gasteiger partial charge in [-0.2, -0.15) is 0 Å². The van der Waals surface area contributed by atoms with Crippen molar-refractivity contribution in [2.24, 2.45) is 17.0 Å². The van der Waals surface area contributed by atoms with Crippen LogP contribution in [0.3, 0.4) is 0 Å². The molecule has 74 valence electrons. The van der Waals surface area contributed by atoms with Crippen LogP contribution in [0.2, 0.25) is 0 Å². The third kappa shape index (κ3) is 2.71. The largest absolute Gasteiger partial charge is 0.390 e. The molecule has 0 aromatic carbocycles. The lowest BCUT2D eigenvalue weighted by Gasteiger charge is -2.16. The van der Waals surface area contributed by atoms with Gasteiger partial charge in [0.1, 0.15) is 5.60 Å². The lowest BCUT2D eigenvalue weighted by molar-refractivity contribution is -0.000101. The third-order valence-electron chi connectivity index (χ3n) is 2.42. The van der Waals surface area contributed by atoms with E-state index in [9.17, 15) is 0 Å². The van der Waals surface area contributed by atoms with Crippen molar-refractivity contribution in [3.8, 4) is 0 Å². The van der Waals surface area contributed by atoms with Crippen molar-refractivity contribution in [3.63, 3.8) is 0 Å². The Morgan fingerprint density at radius 1 is 1.08 bits per heavy atom. The Hall–Kier alpha value is -0.530. The molecule has 0 unspecified atom stereocenters. The normalized spacial score (nSPS) is 22.7. The fourth-order valence-corrected chi connectivity index (χ4v) is 1.43. The van der Waals surface area contributed by atoms with Crippen molar-refractivity contribution >= 4 is 5.71 Å². The molecule has 2 aliphatic rings. The first-order chi connectivity index (χ1) is 6.06. The van der Waals surface area contributed by atoms with Gasteiger partial charge < -0.3 is 4.84 Å². The molecular formula is C11H19NO. The second kappa shape index (κ2) is 3.00. The predicted molar refractivity (Wildman–Crippen MR) is 53.7 cm³/mol. The summed E-state index contributed by atoms with van der Waals surface area (Å²) >= 11 is 0. The summed E-state index contributed by atoms with van der Waals surface area (Å²) in [4.78, 5) is 5.48. The minimum absolute atomic E-state index is 0.130. The van der Waals surface area contributed by atoms with E-state index in [1.165, 1.54) is 31.4 Å². The predicted octanol–water partition coefficient (Wildman–Crippen LogP) is 2.98. The number of nitrogens with zero attached hydrogens (tertiary/aromatic N) is 1. The first-order valence-electron chi connectivity index (χ1n) is 5.32. The molecule has 0 N–H and O–H groups in total. The molecule has 2 rings (SSSR count). The van der Waals surface area contributed by atoms with Crippen LogP contribution in [0.5, 0.6) is 0 Å². The number of oxime groups is 1. The van der Waals surface area contributed by atoms with Gasteiger partial charge >= 0.3 is 0 Å². The van der Waals surface area contributed by atoms with Gasteiger partial charge in [0.15, 0.2) is 0 Å². The van der Waals surface area contributed by atoms with Gasteiger partial charge in [-0.15, -0.1) is 0 Å². The van der Waals surface area contributed by atoms with E-state index in [0.29, 0.717) is 0 Å². The smallest absolute Gasteiger partial charge is 0.129 e. The first kappa shape index (κ1) is 9.04. The molecule has 0 radical (unpaired) electrons. The maximum atomic E-state index is 5.48. The highest BCUT2D eigenvalue weighted by molar-refractivity contribution is 5.92. The van der Waals surface area contributed by atoms with E-state index in [1.807, 2.05) is 20.8 Å². The Balaban J connectivity index is 1.93. The molecule has 0 bridgehead atoms. The lowest BCUT2D eigenvalue weighted by Crippen LogP contribution is -2.18. The zero-order chi connectivity index (χ0) is 9.47. The van der Waals surface area contributed by atoms with Crippen molar-refractivity contribution in [1.82, 2.24) is 0 Å². The highest BCUT2D eigenvalue weighted by Crippen LogP contribution is 2.42. The summed E-state index contributed by atoms with van der Waals surface area (Å²) < 4.78 is 0. The van der Waals surface area contributed by atoms with Gasteiger partial charge in [0.25, 0.3) is 0 Å². The SMILES string of the molecule is CC(C)(C)ON=C(C1CC1)C1CC1. The van der Waals surface area contributed by atoms with Gasteiger partial charge in [-0.05, 0) is 46.5 Å². The summed E-state index contributed by atoms with van der Waals surface area (Å²) in [6, 6.07) is 0. The number of hydrogen-bond donors (Lipinski definition) is 0. The highest BCUT2D eigenvalue weighted by atomic mass is 16.6. The first-order valence-corrected chi connectivity index (χ1v) is 5.32. The van der Waals surface area contributed by atoms with Crippen LogP contribution in [0.15, 0.2) is 5.16 Å². The van der Waals surface area contributed by atoms with Crippen LogP contribution < -0.4 is 0 Å². The van der Waals surface area contributed by atoms with E-state index in [1.54, 1.807) is 0 Å². The van der Waals surface area contributed by atoms with Crippen molar-refractivity contribution in [2.45, 2.75) is 52.1 Å². The molecule has 0 aromatic rings. The van der Waals surface area contributed by atoms with Crippen molar-refractivity contribution in [2.75, 3.05) is 0 Å². The molecule has 0 spiro atoms. The van der Waals surface area contributed by atoms with E-state index in [0.717, 1.165) is 11.8 Å². The lowest BCUT2D eigenvalue weighted by atomic mass is 10.1. The van der Waals surface area contributed by atoms with Crippen LogP contribution >= 0.6 is 0 Å². The molecule has 2 nitrogen and oxygen atoms in total. The summed E-state index contributed by atoms with van der Waals surface area (Å²) in [6.45, 7) is 6.15. The monoisotopic (exact) mass is 181 g/mol. The minimum Gasteiger partial charge on any atom is -0.390 e. The third-order valence-corrected chi connectivity index (χ3v) is 2.42. The van der Waals surface area contributed by atoms with Gasteiger partial charge in [-0.1, -0.05) is 5.16 Å². The van der Waals surface area contributed by atoms with E-state index in [2.05, 4.69) is 5.16 Å². The summed E-state index contributed by atoms with van der Waals surface area (Å²) in [5.41, 5.74) is 1.23. The van der Waals surface area contributed by atoms with Crippen molar-refractivity contribution < 1.29 is 4.84 Å². The zero-order valence-electron chi connectivity index (χ0n) is 8.84. The maximum absolute atomic E-state index is 5.48. The standard InChI is InChI=1S/C11H19NO/c1-11(2,3)13-12-10(8-4-5-8)9-6-7-9/h8-9H,4-7H2,1-3H3. The van der Waals surface area contributed by atoms with Crippen LogP contribution in [0.25, 0.3) is 0 Å². The number of hydrogen-bond acceptors (Lipinski definition) is 2. The molecule has 0 amide bonds. The topological polar surface area (TPSA) is 21.6 Å². The second-order valence-corrected chi connectivity index (χ2v) is 5.27. The van der Waals surface area contributed by atoms with E-state index >= 15 is 0 Å². The molecule has 0 aromatic heterocycles. The van der Waals surface area contributed by atoms with Crippen LogP contribution in [0, 0.1) is 11.8 Å². The average molecular weight is 181 g/mol. The average Bonchev–Trinajstić information content (AvgIpc) is 2.80. The molecule has 2 saturated carbocycles. The Morgan fingerprint density at radius 2 is 1.54 bits per heavy atom. The molecule has 0 atom stereocenters. The Bertz CT molecular complexity index is 205. The second-order valence-electron chi connectivity index (χ2n) is 5.27. The molecule has 2 heteroatoms. The molecule has 2 aliphatic carbocycles. The summed E-state index contributed by atoms with van der Waals surface area (Å²) in [6.07, 6.45) is 5.34. The van der Waals surface area contributed by atoms with Gasteiger partial charge in [-0.3, -0.25) is 0 Å². The zero-order valence-corrected chi connectivity index (χ0v) is 8.84. The van der Waals surface area contributed by atoms with Gasteiger partial charge in [-0.25, -0.2) is 0 Å². The number of rotatable bonds is 3. The van der Waals surface area contributed by atoms with E-state index in [4.69, 9.17) is 4.84 Å². The van der Waals surface area contributed by atoms with Crippen LogP contribution in [-0.2, 0) is 4.84 Å². The highest BCUT2D eigenvalue weighted by Gasteiger charge is 2.38. The summed E-state index contributed by atoms with van der Waals surface area (Å²) in [5.74, 6) is 1.55. The minimum atomic E-state index is -0.130. The molecular weight excluding hydrogens is 162 g/mol. The Kier molecular flexibility index (Phi) is 2.09. The molecule has 13 heavy (non-hydrogen) atoms.